The molecule has 0 radical (unpaired) electrons. The summed E-state index contributed by atoms with van der Waals surface area (Å²) in [6, 6.07) is 9.90. The molecule has 1 aromatic heterocycles. The number of amides is 2. The van der Waals surface area contributed by atoms with Gasteiger partial charge < -0.3 is 15.3 Å². The summed E-state index contributed by atoms with van der Waals surface area (Å²) in [6.07, 6.45) is 4.56. The first-order valence-corrected chi connectivity index (χ1v) is 7.94. The minimum Gasteiger partial charge on any atom is -0.396 e. The SMILES string of the molecule is O=C(NCc1ccccc1Cn1cccn1)N1CCC(CO)C1. The minimum atomic E-state index is -0.0603. The number of hydrogen-bond donors (Lipinski definition) is 2. The number of aliphatic hydroxyl groups is 1. The van der Waals surface area contributed by atoms with E-state index in [9.17, 15) is 4.79 Å². The highest BCUT2D eigenvalue weighted by molar-refractivity contribution is 5.74. The Bertz CT molecular complexity index is 642. The second kappa shape index (κ2) is 7.28. The Balaban J connectivity index is 1.59. The average Bonchev–Trinajstić information content (AvgIpc) is 3.25. The molecule has 122 valence electrons. The van der Waals surface area contributed by atoms with Gasteiger partial charge in [0.25, 0.3) is 0 Å². The number of likely N-dealkylation sites (tertiary alicyclic amines) is 1. The topological polar surface area (TPSA) is 70.4 Å². The van der Waals surface area contributed by atoms with E-state index < -0.39 is 0 Å². The largest absolute Gasteiger partial charge is 0.396 e. The number of carbonyl (C=O) groups excluding carboxylic acids is 1. The van der Waals surface area contributed by atoms with Crippen LogP contribution in [0.5, 0.6) is 0 Å². The third-order valence-electron chi connectivity index (χ3n) is 4.27. The molecule has 1 aliphatic heterocycles. The van der Waals surface area contributed by atoms with Gasteiger partial charge in [0, 0.05) is 44.6 Å². The Labute approximate surface area is 135 Å². The van der Waals surface area contributed by atoms with Crippen LogP contribution in [0.25, 0.3) is 0 Å². The van der Waals surface area contributed by atoms with Crippen LogP contribution in [-0.2, 0) is 13.1 Å². The molecule has 2 amide bonds. The van der Waals surface area contributed by atoms with Gasteiger partial charge in [0.15, 0.2) is 0 Å². The Hall–Kier alpha value is -2.34. The zero-order chi connectivity index (χ0) is 16.1. The Morgan fingerprint density at radius 3 is 2.83 bits per heavy atom. The van der Waals surface area contributed by atoms with E-state index in [2.05, 4.69) is 16.5 Å². The van der Waals surface area contributed by atoms with Gasteiger partial charge in [-0.3, -0.25) is 4.68 Å². The predicted octanol–water partition coefficient (Wildman–Crippen LogP) is 1.46. The van der Waals surface area contributed by atoms with E-state index in [1.807, 2.05) is 35.1 Å². The molecule has 1 aromatic carbocycles. The Morgan fingerprint density at radius 1 is 1.30 bits per heavy atom. The van der Waals surface area contributed by atoms with Gasteiger partial charge in [-0.05, 0) is 23.6 Å². The van der Waals surface area contributed by atoms with Crippen LogP contribution in [0.4, 0.5) is 4.79 Å². The lowest BCUT2D eigenvalue weighted by atomic mass is 10.1. The van der Waals surface area contributed by atoms with Crippen LogP contribution in [0.3, 0.4) is 0 Å². The average molecular weight is 314 g/mol. The van der Waals surface area contributed by atoms with Crippen molar-refractivity contribution in [3.05, 3.63) is 53.9 Å². The minimum absolute atomic E-state index is 0.0603. The van der Waals surface area contributed by atoms with E-state index in [0.29, 0.717) is 26.2 Å². The van der Waals surface area contributed by atoms with Crippen LogP contribution in [0.2, 0.25) is 0 Å². The van der Waals surface area contributed by atoms with E-state index in [1.165, 1.54) is 0 Å². The number of benzene rings is 1. The fraction of sp³-hybridized carbons (Fsp3) is 0.412. The second-order valence-electron chi connectivity index (χ2n) is 5.91. The van der Waals surface area contributed by atoms with Gasteiger partial charge in [0.05, 0.1) is 6.54 Å². The van der Waals surface area contributed by atoms with Crippen molar-refractivity contribution in [3.63, 3.8) is 0 Å². The summed E-state index contributed by atoms with van der Waals surface area (Å²) in [5.41, 5.74) is 2.24. The molecule has 3 rings (SSSR count). The van der Waals surface area contributed by atoms with Crippen LogP contribution in [0.15, 0.2) is 42.7 Å². The van der Waals surface area contributed by atoms with Crippen molar-refractivity contribution in [3.8, 4) is 0 Å². The van der Waals surface area contributed by atoms with Gasteiger partial charge in [-0.25, -0.2) is 4.79 Å². The van der Waals surface area contributed by atoms with E-state index in [0.717, 1.165) is 17.5 Å². The lowest BCUT2D eigenvalue weighted by molar-refractivity contribution is 0.198. The van der Waals surface area contributed by atoms with Crippen LogP contribution < -0.4 is 5.32 Å². The summed E-state index contributed by atoms with van der Waals surface area (Å²) in [6.45, 7) is 2.69. The van der Waals surface area contributed by atoms with Crippen molar-refractivity contribution in [2.75, 3.05) is 19.7 Å². The maximum atomic E-state index is 12.2. The van der Waals surface area contributed by atoms with Crippen LogP contribution >= 0.6 is 0 Å². The third-order valence-corrected chi connectivity index (χ3v) is 4.27. The van der Waals surface area contributed by atoms with Gasteiger partial charge in [-0.1, -0.05) is 24.3 Å². The number of nitrogens with zero attached hydrogens (tertiary/aromatic N) is 3. The summed E-state index contributed by atoms with van der Waals surface area (Å²) >= 11 is 0. The monoisotopic (exact) mass is 314 g/mol. The predicted molar refractivity (Wildman–Crippen MR) is 86.8 cm³/mol. The van der Waals surface area contributed by atoms with Crippen molar-refractivity contribution < 1.29 is 9.90 Å². The fourth-order valence-electron chi connectivity index (χ4n) is 2.90. The molecule has 23 heavy (non-hydrogen) atoms. The van der Waals surface area contributed by atoms with E-state index in [-0.39, 0.29) is 18.6 Å². The molecule has 1 aliphatic rings. The first-order valence-electron chi connectivity index (χ1n) is 7.94. The van der Waals surface area contributed by atoms with Gasteiger partial charge in [-0.2, -0.15) is 5.10 Å². The number of urea groups is 1. The maximum absolute atomic E-state index is 12.2. The van der Waals surface area contributed by atoms with Crippen molar-refractivity contribution in [1.29, 1.82) is 0 Å². The van der Waals surface area contributed by atoms with E-state index >= 15 is 0 Å². The number of hydrogen-bond acceptors (Lipinski definition) is 3. The Kier molecular flexibility index (Phi) is 4.92. The van der Waals surface area contributed by atoms with Crippen molar-refractivity contribution in [2.24, 2.45) is 5.92 Å². The van der Waals surface area contributed by atoms with Crippen LogP contribution in [0.1, 0.15) is 17.5 Å². The van der Waals surface area contributed by atoms with Gasteiger partial charge in [0.2, 0.25) is 0 Å². The molecular weight excluding hydrogens is 292 g/mol. The molecule has 6 heteroatoms. The number of aromatic nitrogens is 2. The molecule has 2 N–H and O–H groups in total. The van der Waals surface area contributed by atoms with Gasteiger partial charge in [0.1, 0.15) is 0 Å². The smallest absolute Gasteiger partial charge is 0.317 e. The van der Waals surface area contributed by atoms with Crippen molar-refractivity contribution in [2.45, 2.75) is 19.5 Å². The van der Waals surface area contributed by atoms with Crippen molar-refractivity contribution in [1.82, 2.24) is 20.0 Å². The number of nitrogens with one attached hydrogen (secondary N) is 1. The lowest BCUT2D eigenvalue weighted by Crippen LogP contribution is -2.38. The normalized spacial score (nSPS) is 17.4. The molecule has 6 nitrogen and oxygen atoms in total. The van der Waals surface area contributed by atoms with Gasteiger partial charge in [-0.15, -0.1) is 0 Å². The first-order chi connectivity index (χ1) is 11.3. The zero-order valence-corrected chi connectivity index (χ0v) is 13.1. The van der Waals surface area contributed by atoms with Crippen molar-refractivity contribution >= 4 is 6.03 Å². The van der Waals surface area contributed by atoms with E-state index in [4.69, 9.17) is 5.11 Å². The van der Waals surface area contributed by atoms with Crippen LogP contribution in [-0.4, -0.2) is 45.5 Å². The highest BCUT2D eigenvalue weighted by atomic mass is 16.3. The quantitative estimate of drug-likeness (QED) is 0.877. The maximum Gasteiger partial charge on any atom is 0.317 e. The summed E-state index contributed by atoms with van der Waals surface area (Å²) in [5.74, 6) is 0.216. The van der Waals surface area contributed by atoms with Gasteiger partial charge >= 0.3 is 6.03 Å². The molecule has 1 unspecified atom stereocenters. The summed E-state index contributed by atoms with van der Waals surface area (Å²) in [5, 5.41) is 16.4. The molecule has 0 aliphatic carbocycles. The molecule has 1 fully saturated rings. The molecule has 2 aromatic rings. The molecular formula is C17H22N4O2. The van der Waals surface area contributed by atoms with Crippen LogP contribution in [0, 0.1) is 5.92 Å². The number of aliphatic hydroxyl groups excluding tert-OH is 1. The Morgan fingerprint density at radius 2 is 2.13 bits per heavy atom. The number of carbonyl (C=O) groups is 1. The molecule has 1 atom stereocenters. The standard InChI is InChI=1S/C17H22N4O2/c22-13-14-6-9-20(11-14)17(23)18-10-15-4-1-2-5-16(15)12-21-8-3-7-19-21/h1-5,7-8,14,22H,6,9-13H2,(H,18,23). The molecule has 0 spiro atoms. The summed E-state index contributed by atoms with van der Waals surface area (Å²) in [7, 11) is 0. The first kappa shape index (κ1) is 15.6. The summed E-state index contributed by atoms with van der Waals surface area (Å²) < 4.78 is 1.87. The van der Waals surface area contributed by atoms with E-state index in [1.54, 1.807) is 11.1 Å². The highest BCUT2D eigenvalue weighted by Crippen LogP contribution is 2.16. The number of rotatable bonds is 5. The molecule has 2 heterocycles. The molecule has 0 saturated carbocycles. The third kappa shape index (κ3) is 3.90. The molecule has 0 bridgehead atoms. The lowest BCUT2D eigenvalue weighted by Gasteiger charge is -2.18. The highest BCUT2D eigenvalue weighted by Gasteiger charge is 2.25. The zero-order valence-electron chi connectivity index (χ0n) is 13.1. The molecule has 1 saturated heterocycles. The second-order valence-corrected chi connectivity index (χ2v) is 5.91. The fourth-order valence-corrected chi connectivity index (χ4v) is 2.90. The summed E-state index contributed by atoms with van der Waals surface area (Å²) in [4.78, 5) is 14.0.